The van der Waals surface area contributed by atoms with Crippen LogP contribution in [0.4, 0.5) is 0 Å². The number of ether oxygens (including phenoxy) is 1. The highest BCUT2D eigenvalue weighted by atomic mass is 16.6. The Kier molecular flexibility index (Phi) is 2.04. The van der Waals surface area contributed by atoms with Crippen LogP contribution in [0.15, 0.2) is 48.4 Å². The third kappa shape index (κ3) is 1.72. The molecule has 0 saturated carbocycles. The first kappa shape index (κ1) is 7.92. The van der Waals surface area contributed by atoms with Gasteiger partial charge in [-0.1, -0.05) is 30.4 Å². The maximum absolute atomic E-state index is 9.25. The molecule has 13 heavy (non-hydrogen) atoms. The van der Waals surface area contributed by atoms with Crippen molar-refractivity contribution in [3.05, 3.63) is 54.0 Å². The summed E-state index contributed by atoms with van der Waals surface area (Å²) in [5.41, 5.74) is 1.08. The number of benzene rings is 1. The van der Waals surface area contributed by atoms with E-state index in [9.17, 15) is 5.11 Å². The van der Waals surface area contributed by atoms with Crippen LogP contribution >= 0.6 is 0 Å². The molecule has 1 aliphatic heterocycles. The van der Waals surface area contributed by atoms with Gasteiger partial charge in [-0.05, 0) is 18.1 Å². The lowest BCUT2D eigenvalue weighted by molar-refractivity contribution is 0.207. The lowest BCUT2D eigenvalue weighted by atomic mass is 10.1. The largest absolute Gasteiger partial charge is 0.481 e. The molecule has 1 N–H and O–H groups in total. The molecular formula is C11H10O2. The van der Waals surface area contributed by atoms with Gasteiger partial charge in [0.05, 0.1) is 0 Å². The number of hydrogen-bond acceptors (Lipinski definition) is 2. The molecule has 0 aromatic heterocycles. The average molecular weight is 174 g/mol. The molecular weight excluding hydrogens is 164 g/mol. The third-order valence-corrected chi connectivity index (χ3v) is 1.90. The van der Waals surface area contributed by atoms with Gasteiger partial charge < -0.3 is 9.84 Å². The standard InChI is InChI=1S/C11H10O2/c12-11-8-4-2-6-9-5-1-3-7-10(9)13-11/h1-5,7-8,12H,6H2/b4-2-,11-8-. The smallest absolute Gasteiger partial charge is 0.282 e. The summed E-state index contributed by atoms with van der Waals surface area (Å²) in [5, 5.41) is 9.25. The highest BCUT2D eigenvalue weighted by Crippen LogP contribution is 2.21. The molecule has 1 aromatic rings. The van der Waals surface area contributed by atoms with Crippen LogP contribution in [0, 0.1) is 0 Å². The Morgan fingerprint density at radius 3 is 3.00 bits per heavy atom. The predicted molar refractivity (Wildman–Crippen MR) is 50.6 cm³/mol. The van der Waals surface area contributed by atoms with E-state index in [-0.39, 0.29) is 5.95 Å². The molecule has 2 nitrogen and oxygen atoms in total. The van der Waals surface area contributed by atoms with Crippen LogP contribution in [0.2, 0.25) is 0 Å². The van der Waals surface area contributed by atoms with Gasteiger partial charge >= 0.3 is 0 Å². The molecule has 2 rings (SSSR count). The second-order valence-electron chi connectivity index (χ2n) is 2.85. The molecule has 0 spiro atoms. The lowest BCUT2D eigenvalue weighted by Gasteiger charge is -2.09. The number of para-hydroxylation sites is 1. The number of rotatable bonds is 0. The minimum Gasteiger partial charge on any atom is -0.481 e. The van der Waals surface area contributed by atoms with Crippen molar-refractivity contribution in [2.24, 2.45) is 0 Å². The Balaban J connectivity index is 2.42. The van der Waals surface area contributed by atoms with Gasteiger partial charge in [0.15, 0.2) is 0 Å². The van der Waals surface area contributed by atoms with Crippen molar-refractivity contribution in [1.29, 1.82) is 0 Å². The molecule has 2 heteroatoms. The van der Waals surface area contributed by atoms with E-state index in [1.165, 1.54) is 6.08 Å². The molecule has 0 aliphatic carbocycles. The monoisotopic (exact) mass is 174 g/mol. The number of fused-ring (bicyclic) bond motifs is 1. The number of allylic oxidation sites excluding steroid dienone is 3. The third-order valence-electron chi connectivity index (χ3n) is 1.90. The number of aliphatic hydroxyl groups excluding tert-OH is 1. The van der Waals surface area contributed by atoms with Crippen molar-refractivity contribution in [2.75, 3.05) is 0 Å². The predicted octanol–water partition coefficient (Wildman–Crippen LogP) is 2.58. The summed E-state index contributed by atoms with van der Waals surface area (Å²) in [4.78, 5) is 0. The molecule has 66 valence electrons. The first-order valence-corrected chi connectivity index (χ1v) is 4.18. The average Bonchev–Trinajstić information content (AvgIpc) is 2.11. The Morgan fingerprint density at radius 1 is 1.23 bits per heavy atom. The summed E-state index contributed by atoms with van der Waals surface area (Å²) >= 11 is 0. The Bertz CT molecular complexity index is 364. The van der Waals surface area contributed by atoms with Crippen LogP contribution in [0.1, 0.15) is 5.56 Å². The minimum atomic E-state index is -0.0663. The molecule has 1 aromatic carbocycles. The quantitative estimate of drug-likeness (QED) is 0.655. The van der Waals surface area contributed by atoms with Gasteiger partial charge in [0.25, 0.3) is 5.95 Å². The van der Waals surface area contributed by atoms with E-state index in [0.717, 1.165) is 17.7 Å². The van der Waals surface area contributed by atoms with Gasteiger partial charge in [0.2, 0.25) is 0 Å². The number of aliphatic hydroxyl groups is 1. The zero-order chi connectivity index (χ0) is 9.10. The topological polar surface area (TPSA) is 29.5 Å². The van der Waals surface area contributed by atoms with Crippen molar-refractivity contribution < 1.29 is 9.84 Å². The summed E-state index contributed by atoms with van der Waals surface area (Å²) in [6, 6.07) is 7.67. The first-order chi connectivity index (χ1) is 6.36. The van der Waals surface area contributed by atoms with E-state index in [0.29, 0.717) is 0 Å². The van der Waals surface area contributed by atoms with Crippen LogP contribution in [-0.4, -0.2) is 5.11 Å². The molecule has 0 amide bonds. The van der Waals surface area contributed by atoms with E-state index in [1.807, 2.05) is 30.3 Å². The van der Waals surface area contributed by atoms with Crippen LogP contribution in [0.3, 0.4) is 0 Å². The second-order valence-corrected chi connectivity index (χ2v) is 2.85. The summed E-state index contributed by atoms with van der Waals surface area (Å²) in [5.74, 6) is 0.656. The molecule has 0 fully saturated rings. The van der Waals surface area contributed by atoms with E-state index < -0.39 is 0 Å². The Hall–Kier alpha value is -1.70. The van der Waals surface area contributed by atoms with E-state index in [4.69, 9.17) is 4.74 Å². The lowest BCUT2D eigenvalue weighted by Crippen LogP contribution is -1.98. The van der Waals surface area contributed by atoms with E-state index in [1.54, 1.807) is 6.08 Å². The van der Waals surface area contributed by atoms with Gasteiger partial charge in [-0.3, -0.25) is 0 Å². The van der Waals surface area contributed by atoms with Gasteiger partial charge in [0.1, 0.15) is 5.75 Å². The summed E-state index contributed by atoms with van der Waals surface area (Å²) in [7, 11) is 0. The zero-order valence-corrected chi connectivity index (χ0v) is 7.10. The summed E-state index contributed by atoms with van der Waals surface area (Å²) in [6.45, 7) is 0. The Morgan fingerprint density at radius 2 is 2.08 bits per heavy atom. The fraction of sp³-hybridized carbons (Fsp3) is 0.0909. The van der Waals surface area contributed by atoms with Crippen molar-refractivity contribution in [3.8, 4) is 5.75 Å². The SMILES string of the molecule is O/C1=C/C=C\Cc2ccccc2O1. The van der Waals surface area contributed by atoms with Gasteiger partial charge in [-0.15, -0.1) is 0 Å². The highest BCUT2D eigenvalue weighted by Gasteiger charge is 2.04. The van der Waals surface area contributed by atoms with Crippen molar-refractivity contribution in [2.45, 2.75) is 6.42 Å². The second kappa shape index (κ2) is 3.35. The number of hydrogen-bond donors (Lipinski definition) is 1. The molecule has 1 aliphatic rings. The van der Waals surface area contributed by atoms with Crippen molar-refractivity contribution in [3.63, 3.8) is 0 Å². The van der Waals surface area contributed by atoms with Crippen molar-refractivity contribution >= 4 is 0 Å². The van der Waals surface area contributed by atoms with Crippen LogP contribution in [0.5, 0.6) is 5.75 Å². The molecule has 0 atom stereocenters. The van der Waals surface area contributed by atoms with Crippen LogP contribution in [0.25, 0.3) is 0 Å². The Labute approximate surface area is 76.8 Å². The van der Waals surface area contributed by atoms with Gasteiger partial charge in [-0.25, -0.2) is 0 Å². The van der Waals surface area contributed by atoms with Gasteiger partial charge in [0, 0.05) is 6.08 Å². The van der Waals surface area contributed by atoms with Gasteiger partial charge in [-0.2, -0.15) is 0 Å². The maximum Gasteiger partial charge on any atom is 0.282 e. The molecule has 0 unspecified atom stereocenters. The molecule has 1 heterocycles. The zero-order valence-electron chi connectivity index (χ0n) is 7.10. The first-order valence-electron chi connectivity index (χ1n) is 4.18. The van der Waals surface area contributed by atoms with Crippen LogP contribution < -0.4 is 4.74 Å². The highest BCUT2D eigenvalue weighted by molar-refractivity contribution is 5.37. The molecule has 0 bridgehead atoms. The van der Waals surface area contributed by atoms with E-state index in [2.05, 4.69) is 0 Å². The molecule has 0 saturated heterocycles. The fourth-order valence-corrected chi connectivity index (χ4v) is 1.26. The normalized spacial score (nSPS) is 21.4. The minimum absolute atomic E-state index is 0.0663. The van der Waals surface area contributed by atoms with Crippen LogP contribution in [-0.2, 0) is 6.42 Å². The fourth-order valence-electron chi connectivity index (χ4n) is 1.26. The van der Waals surface area contributed by atoms with E-state index >= 15 is 0 Å². The summed E-state index contributed by atoms with van der Waals surface area (Å²) in [6.07, 6.45) is 6.14. The molecule has 0 radical (unpaired) electrons. The maximum atomic E-state index is 9.25. The summed E-state index contributed by atoms with van der Waals surface area (Å²) < 4.78 is 5.20. The van der Waals surface area contributed by atoms with Crippen molar-refractivity contribution in [1.82, 2.24) is 0 Å².